The Morgan fingerprint density at radius 2 is 2.25 bits per heavy atom. The van der Waals surface area contributed by atoms with Crippen LogP contribution in [0.15, 0.2) is 18.2 Å². The molecule has 1 aliphatic heterocycles. The van der Waals surface area contributed by atoms with Crippen LogP contribution in [-0.4, -0.2) is 18.7 Å². The van der Waals surface area contributed by atoms with Crippen LogP contribution in [0.4, 0.5) is 5.69 Å². The molecule has 0 aromatic heterocycles. The van der Waals surface area contributed by atoms with E-state index < -0.39 is 0 Å². The summed E-state index contributed by atoms with van der Waals surface area (Å²) in [4.78, 5) is 2.28. The molecule has 1 aliphatic rings. The molecule has 16 heavy (non-hydrogen) atoms. The number of fused-ring (bicyclic) bond motifs is 1. The second-order valence-corrected chi connectivity index (χ2v) is 4.72. The molecule has 1 aromatic carbocycles. The fourth-order valence-corrected chi connectivity index (χ4v) is 2.36. The molecule has 2 heteroatoms. The van der Waals surface area contributed by atoms with Crippen molar-refractivity contribution in [2.45, 2.75) is 38.7 Å². The summed E-state index contributed by atoms with van der Waals surface area (Å²) < 4.78 is 0. The molecular formula is C14H21NO. The van der Waals surface area contributed by atoms with Gasteiger partial charge in [-0.15, -0.1) is 0 Å². The van der Waals surface area contributed by atoms with Crippen molar-refractivity contribution in [2.75, 3.05) is 18.5 Å². The van der Waals surface area contributed by atoms with Crippen molar-refractivity contribution in [3.63, 3.8) is 0 Å². The minimum atomic E-state index is -0.281. The lowest BCUT2D eigenvalue weighted by molar-refractivity contribution is 0.164. The smallest absolute Gasteiger partial charge is 0.0790 e. The van der Waals surface area contributed by atoms with Crippen LogP contribution < -0.4 is 4.90 Å². The van der Waals surface area contributed by atoms with Gasteiger partial charge in [-0.05, 0) is 30.0 Å². The maximum absolute atomic E-state index is 10.0. The number of benzene rings is 1. The minimum Gasteiger partial charge on any atom is -0.388 e. The zero-order valence-corrected chi connectivity index (χ0v) is 10.2. The Labute approximate surface area is 97.9 Å². The Morgan fingerprint density at radius 1 is 1.44 bits per heavy atom. The first-order valence-electron chi connectivity index (χ1n) is 6.24. The number of rotatable bonds is 4. The molecule has 0 radical (unpaired) electrons. The van der Waals surface area contributed by atoms with Gasteiger partial charge in [0.15, 0.2) is 0 Å². The lowest BCUT2D eigenvalue weighted by Crippen LogP contribution is -2.12. The minimum absolute atomic E-state index is 0.281. The predicted octanol–water partition coefficient (Wildman–Crippen LogP) is 2.90. The van der Waals surface area contributed by atoms with E-state index in [9.17, 15) is 5.11 Å². The zero-order chi connectivity index (χ0) is 11.5. The number of aliphatic hydroxyl groups excluding tert-OH is 1. The van der Waals surface area contributed by atoms with Crippen LogP contribution in [0.1, 0.15) is 43.4 Å². The van der Waals surface area contributed by atoms with Crippen molar-refractivity contribution in [1.82, 2.24) is 0 Å². The fraction of sp³-hybridized carbons (Fsp3) is 0.571. The van der Waals surface area contributed by atoms with Crippen molar-refractivity contribution in [3.8, 4) is 0 Å². The molecule has 0 fully saturated rings. The Hall–Kier alpha value is -1.02. The summed E-state index contributed by atoms with van der Waals surface area (Å²) in [7, 11) is 2.12. The molecule has 0 bridgehead atoms. The average Bonchev–Trinajstić information content (AvgIpc) is 2.67. The van der Waals surface area contributed by atoms with E-state index in [1.165, 1.54) is 11.3 Å². The van der Waals surface area contributed by atoms with Crippen LogP contribution in [-0.2, 0) is 6.42 Å². The van der Waals surface area contributed by atoms with Gasteiger partial charge in [0, 0.05) is 19.3 Å². The lowest BCUT2D eigenvalue weighted by Gasteiger charge is -2.14. The standard InChI is InChI=1S/C14H21NO/c1-3-4-5-14(16)12-6-7-13-11(10-12)8-9-15(13)2/h6-7,10,14,16H,3-5,8-9H2,1-2H3. The van der Waals surface area contributed by atoms with Crippen LogP contribution >= 0.6 is 0 Å². The van der Waals surface area contributed by atoms with Crippen molar-refractivity contribution >= 4 is 5.69 Å². The summed E-state index contributed by atoms with van der Waals surface area (Å²) in [5.74, 6) is 0. The average molecular weight is 219 g/mol. The Balaban J connectivity index is 2.12. The highest BCUT2D eigenvalue weighted by atomic mass is 16.3. The van der Waals surface area contributed by atoms with E-state index in [1.807, 2.05) is 0 Å². The molecule has 0 aliphatic carbocycles. The van der Waals surface area contributed by atoms with E-state index in [2.05, 4.69) is 37.1 Å². The van der Waals surface area contributed by atoms with E-state index >= 15 is 0 Å². The quantitative estimate of drug-likeness (QED) is 0.841. The molecule has 0 spiro atoms. The molecule has 2 rings (SSSR count). The van der Waals surface area contributed by atoms with Gasteiger partial charge in [-0.25, -0.2) is 0 Å². The largest absolute Gasteiger partial charge is 0.388 e. The highest BCUT2D eigenvalue weighted by Crippen LogP contribution is 2.30. The molecule has 0 saturated carbocycles. The molecular weight excluding hydrogens is 198 g/mol. The molecule has 1 aromatic rings. The maximum atomic E-state index is 10.0. The Kier molecular flexibility index (Phi) is 3.49. The van der Waals surface area contributed by atoms with E-state index in [0.29, 0.717) is 0 Å². The highest BCUT2D eigenvalue weighted by Gasteiger charge is 2.17. The number of aliphatic hydroxyl groups is 1. The van der Waals surface area contributed by atoms with Crippen LogP contribution in [0.25, 0.3) is 0 Å². The predicted molar refractivity (Wildman–Crippen MR) is 67.9 cm³/mol. The van der Waals surface area contributed by atoms with Crippen molar-refractivity contribution in [3.05, 3.63) is 29.3 Å². The zero-order valence-electron chi connectivity index (χ0n) is 10.2. The molecule has 2 nitrogen and oxygen atoms in total. The van der Waals surface area contributed by atoms with Gasteiger partial charge in [-0.3, -0.25) is 0 Å². The van der Waals surface area contributed by atoms with E-state index in [0.717, 1.165) is 37.8 Å². The lowest BCUT2D eigenvalue weighted by atomic mass is 10.0. The fourth-order valence-electron chi connectivity index (χ4n) is 2.36. The molecule has 1 atom stereocenters. The molecule has 1 N–H and O–H groups in total. The Bertz CT molecular complexity index is 362. The first kappa shape index (κ1) is 11.5. The monoisotopic (exact) mass is 219 g/mol. The maximum Gasteiger partial charge on any atom is 0.0790 e. The topological polar surface area (TPSA) is 23.5 Å². The summed E-state index contributed by atoms with van der Waals surface area (Å²) >= 11 is 0. The summed E-state index contributed by atoms with van der Waals surface area (Å²) in [6.07, 6.45) is 3.95. The van der Waals surface area contributed by atoms with Crippen LogP contribution in [0.3, 0.4) is 0 Å². The van der Waals surface area contributed by atoms with Crippen molar-refractivity contribution < 1.29 is 5.11 Å². The van der Waals surface area contributed by atoms with Crippen LogP contribution in [0.5, 0.6) is 0 Å². The van der Waals surface area contributed by atoms with Crippen LogP contribution in [0, 0.1) is 0 Å². The molecule has 88 valence electrons. The third-order valence-corrected chi connectivity index (χ3v) is 3.45. The van der Waals surface area contributed by atoms with Gasteiger partial charge in [-0.2, -0.15) is 0 Å². The van der Waals surface area contributed by atoms with Gasteiger partial charge in [-0.1, -0.05) is 31.9 Å². The second kappa shape index (κ2) is 4.88. The second-order valence-electron chi connectivity index (χ2n) is 4.72. The first-order chi connectivity index (χ1) is 7.72. The van der Waals surface area contributed by atoms with E-state index in [-0.39, 0.29) is 6.10 Å². The van der Waals surface area contributed by atoms with Gasteiger partial charge in [0.05, 0.1) is 6.10 Å². The molecule has 0 amide bonds. The molecule has 1 heterocycles. The van der Waals surface area contributed by atoms with Crippen molar-refractivity contribution in [1.29, 1.82) is 0 Å². The highest BCUT2D eigenvalue weighted by molar-refractivity contribution is 5.58. The number of likely N-dealkylation sites (N-methyl/N-ethyl adjacent to an activating group) is 1. The first-order valence-corrected chi connectivity index (χ1v) is 6.24. The van der Waals surface area contributed by atoms with Gasteiger partial charge >= 0.3 is 0 Å². The third-order valence-electron chi connectivity index (χ3n) is 3.45. The van der Waals surface area contributed by atoms with Gasteiger partial charge in [0.1, 0.15) is 0 Å². The summed E-state index contributed by atoms with van der Waals surface area (Å²) in [5, 5.41) is 10.0. The van der Waals surface area contributed by atoms with Gasteiger partial charge < -0.3 is 10.0 Å². The van der Waals surface area contributed by atoms with Gasteiger partial charge in [0.25, 0.3) is 0 Å². The number of anilines is 1. The van der Waals surface area contributed by atoms with Crippen molar-refractivity contribution in [2.24, 2.45) is 0 Å². The summed E-state index contributed by atoms with van der Waals surface area (Å²) in [6.45, 7) is 3.26. The molecule has 1 unspecified atom stereocenters. The van der Waals surface area contributed by atoms with Crippen LogP contribution in [0.2, 0.25) is 0 Å². The summed E-state index contributed by atoms with van der Waals surface area (Å²) in [5.41, 5.74) is 3.80. The Morgan fingerprint density at radius 3 is 3.00 bits per heavy atom. The number of hydrogen-bond acceptors (Lipinski definition) is 2. The van der Waals surface area contributed by atoms with E-state index in [1.54, 1.807) is 0 Å². The number of hydrogen-bond donors (Lipinski definition) is 1. The third kappa shape index (κ3) is 2.22. The number of nitrogens with zero attached hydrogens (tertiary/aromatic N) is 1. The number of unbranched alkanes of at least 4 members (excludes halogenated alkanes) is 1. The van der Waals surface area contributed by atoms with E-state index in [4.69, 9.17) is 0 Å². The molecule has 0 saturated heterocycles. The normalized spacial score (nSPS) is 16.3. The SMILES string of the molecule is CCCCC(O)c1ccc2c(c1)CCN2C. The van der Waals surface area contributed by atoms with Gasteiger partial charge in [0.2, 0.25) is 0 Å². The summed E-state index contributed by atoms with van der Waals surface area (Å²) in [6, 6.07) is 6.40.